The molecule has 0 saturated heterocycles. The van der Waals surface area contributed by atoms with E-state index in [1.54, 1.807) is 18.3 Å². The Bertz CT molecular complexity index is 634. The van der Waals surface area contributed by atoms with Crippen molar-refractivity contribution >= 4 is 5.78 Å². The predicted octanol–water partition coefficient (Wildman–Crippen LogP) is 2.30. The zero-order valence-electron chi connectivity index (χ0n) is 11.3. The number of para-hydroxylation sites is 1. The first kappa shape index (κ1) is 12.7. The second-order valence-electron chi connectivity index (χ2n) is 4.60. The molecule has 104 valence electrons. The number of rotatable bonds is 4. The highest BCUT2D eigenvalue weighted by molar-refractivity contribution is 6.09. The molecule has 0 unspecified atom stereocenters. The van der Waals surface area contributed by atoms with Crippen molar-refractivity contribution in [1.82, 2.24) is 9.55 Å². The lowest BCUT2D eigenvalue weighted by Crippen LogP contribution is -2.19. The summed E-state index contributed by atoms with van der Waals surface area (Å²) in [5.41, 5.74) is 0.505. The van der Waals surface area contributed by atoms with Crippen molar-refractivity contribution in [2.75, 3.05) is 13.2 Å². The Hall–Kier alpha value is -2.30. The molecule has 0 spiro atoms. The minimum absolute atomic E-state index is 0.134. The summed E-state index contributed by atoms with van der Waals surface area (Å²) in [5.74, 6) is 1.45. The second-order valence-corrected chi connectivity index (χ2v) is 4.60. The third-order valence-corrected chi connectivity index (χ3v) is 3.19. The molecule has 0 N–H and O–H groups in total. The molecule has 0 atom stereocenters. The monoisotopic (exact) mass is 272 g/mol. The van der Waals surface area contributed by atoms with Crippen LogP contribution < -0.4 is 9.47 Å². The van der Waals surface area contributed by atoms with Crippen LogP contribution in [0.5, 0.6) is 11.5 Å². The van der Waals surface area contributed by atoms with Crippen molar-refractivity contribution < 1.29 is 14.3 Å². The molecule has 1 aromatic carbocycles. The summed E-state index contributed by atoms with van der Waals surface area (Å²) in [6, 6.07) is 5.36. The summed E-state index contributed by atoms with van der Waals surface area (Å²) in [6.07, 6.45) is 4.42. The first-order chi connectivity index (χ1) is 9.81. The highest BCUT2D eigenvalue weighted by atomic mass is 16.6. The number of fused-ring (bicyclic) bond motifs is 1. The average Bonchev–Trinajstić information content (AvgIpc) is 2.94. The average molecular weight is 272 g/mol. The van der Waals surface area contributed by atoms with E-state index in [1.165, 1.54) is 0 Å². The normalized spacial score (nSPS) is 13.2. The fourth-order valence-electron chi connectivity index (χ4n) is 2.31. The third-order valence-electron chi connectivity index (χ3n) is 3.19. The number of carbonyl (C=O) groups is 1. The third kappa shape index (κ3) is 2.15. The minimum atomic E-state index is -0.134. The van der Waals surface area contributed by atoms with E-state index >= 15 is 0 Å². The number of carbonyl (C=O) groups excluding carboxylic acids is 1. The molecule has 0 aliphatic carbocycles. The molecule has 0 fully saturated rings. The summed E-state index contributed by atoms with van der Waals surface area (Å²) in [7, 11) is 0. The van der Waals surface area contributed by atoms with Crippen LogP contribution in [0.2, 0.25) is 0 Å². The smallest absolute Gasteiger partial charge is 0.232 e. The Morgan fingerprint density at radius 1 is 1.35 bits per heavy atom. The molecule has 20 heavy (non-hydrogen) atoms. The van der Waals surface area contributed by atoms with Gasteiger partial charge in [-0.25, -0.2) is 4.98 Å². The second kappa shape index (κ2) is 5.36. The Morgan fingerprint density at radius 2 is 2.20 bits per heavy atom. The summed E-state index contributed by atoms with van der Waals surface area (Å²) in [4.78, 5) is 16.8. The zero-order valence-corrected chi connectivity index (χ0v) is 11.3. The largest absolute Gasteiger partial charge is 0.486 e. The molecule has 0 amide bonds. The van der Waals surface area contributed by atoms with Crippen molar-refractivity contribution in [3.8, 4) is 11.5 Å². The van der Waals surface area contributed by atoms with Gasteiger partial charge in [-0.2, -0.15) is 0 Å². The topological polar surface area (TPSA) is 53.4 Å². The van der Waals surface area contributed by atoms with Gasteiger partial charge in [0.05, 0.1) is 5.56 Å². The van der Waals surface area contributed by atoms with Crippen LogP contribution in [0.25, 0.3) is 0 Å². The van der Waals surface area contributed by atoms with Gasteiger partial charge in [0, 0.05) is 18.9 Å². The number of hydrogen-bond donors (Lipinski definition) is 0. The van der Waals surface area contributed by atoms with E-state index in [9.17, 15) is 4.79 Å². The molecule has 1 aliphatic rings. The van der Waals surface area contributed by atoms with Gasteiger partial charge in [0.25, 0.3) is 0 Å². The van der Waals surface area contributed by atoms with Crippen molar-refractivity contribution in [3.63, 3.8) is 0 Å². The lowest BCUT2D eigenvalue weighted by Gasteiger charge is -2.20. The predicted molar refractivity (Wildman–Crippen MR) is 73.4 cm³/mol. The Morgan fingerprint density at radius 3 is 3.05 bits per heavy atom. The zero-order chi connectivity index (χ0) is 13.9. The van der Waals surface area contributed by atoms with Gasteiger partial charge in [-0.3, -0.25) is 4.79 Å². The van der Waals surface area contributed by atoms with Gasteiger partial charge >= 0.3 is 0 Å². The molecule has 0 bridgehead atoms. The summed E-state index contributed by atoms with van der Waals surface area (Å²) >= 11 is 0. The number of imidazole rings is 1. The lowest BCUT2D eigenvalue weighted by atomic mass is 10.1. The van der Waals surface area contributed by atoms with Crippen LogP contribution >= 0.6 is 0 Å². The number of aryl methyl sites for hydroxylation is 1. The Balaban J connectivity index is 2.00. The van der Waals surface area contributed by atoms with Gasteiger partial charge < -0.3 is 14.0 Å². The molecule has 2 heterocycles. The van der Waals surface area contributed by atoms with E-state index < -0.39 is 0 Å². The van der Waals surface area contributed by atoms with E-state index in [0.29, 0.717) is 36.1 Å². The number of ether oxygens (including phenoxy) is 2. The molecule has 2 aromatic rings. The van der Waals surface area contributed by atoms with Crippen molar-refractivity contribution in [2.45, 2.75) is 19.9 Å². The molecular formula is C15H16N2O3. The maximum Gasteiger partial charge on any atom is 0.232 e. The maximum atomic E-state index is 12.7. The van der Waals surface area contributed by atoms with Crippen LogP contribution in [0.1, 0.15) is 29.5 Å². The van der Waals surface area contributed by atoms with Crippen LogP contribution in [-0.2, 0) is 6.54 Å². The Labute approximate surface area is 117 Å². The quantitative estimate of drug-likeness (QED) is 0.801. The molecule has 3 rings (SSSR count). The molecule has 5 nitrogen and oxygen atoms in total. The number of ketones is 1. The minimum Gasteiger partial charge on any atom is -0.486 e. The van der Waals surface area contributed by atoms with Gasteiger partial charge in [0.1, 0.15) is 13.2 Å². The van der Waals surface area contributed by atoms with E-state index in [2.05, 4.69) is 11.9 Å². The standard InChI is InChI=1S/C15H16N2O3/c1-2-7-17-8-6-16-15(17)13(18)11-4-3-5-12-14(11)20-10-9-19-12/h3-6,8H,2,7,9-10H2,1H3. The van der Waals surface area contributed by atoms with E-state index in [-0.39, 0.29) is 5.78 Å². The maximum absolute atomic E-state index is 12.7. The molecule has 1 aromatic heterocycles. The van der Waals surface area contributed by atoms with E-state index in [1.807, 2.05) is 16.8 Å². The van der Waals surface area contributed by atoms with Crippen LogP contribution in [0.4, 0.5) is 0 Å². The first-order valence-electron chi connectivity index (χ1n) is 6.75. The van der Waals surface area contributed by atoms with Crippen molar-refractivity contribution in [1.29, 1.82) is 0 Å². The van der Waals surface area contributed by atoms with Gasteiger partial charge in [0.15, 0.2) is 17.3 Å². The molecule has 0 radical (unpaired) electrons. The fraction of sp³-hybridized carbons (Fsp3) is 0.333. The van der Waals surface area contributed by atoms with Crippen LogP contribution in [0.15, 0.2) is 30.6 Å². The van der Waals surface area contributed by atoms with Gasteiger partial charge in [-0.05, 0) is 18.6 Å². The van der Waals surface area contributed by atoms with Gasteiger partial charge in [-0.15, -0.1) is 0 Å². The van der Waals surface area contributed by atoms with Crippen molar-refractivity contribution in [3.05, 3.63) is 42.0 Å². The van der Waals surface area contributed by atoms with E-state index in [4.69, 9.17) is 9.47 Å². The lowest BCUT2D eigenvalue weighted by molar-refractivity contribution is 0.101. The molecule has 5 heteroatoms. The van der Waals surface area contributed by atoms with Gasteiger partial charge in [0.2, 0.25) is 5.78 Å². The summed E-state index contributed by atoms with van der Waals surface area (Å²) in [5, 5.41) is 0. The highest BCUT2D eigenvalue weighted by Crippen LogP contribution is 2.34. The molecular weight excluding hydrogens is 256 g/mol. The van der Waals surface area contributed by atoms with Crippen LogP contribution in [0, 0.1) is 0 Å². The van der Waals surface area contributed by atoms with E-state index in [0.717, 1.165) is 13.0 Å². The van der Waals surface area contributed by atoms with Crippen LogP contribution in [0.3, 0.4) is 0 Å². The van der Waals surface area contributed by atoms with Crippen molar-refractivity contribution in [2.24, 2.45) is 0 Å². The molecule has 0 saturated carbocycles. The summed E-state index contributed by atoms with van der Waals surface area (Å²) in [6.45, 7) is 3.80. The first-order valence-corrected chi connectivity index (χ1v) is 6.75. The summed E-state index contributed by atoms with van der Waals surface area (Å²) < 4.78 is 13.0. The number of benzene rings is 1. The van der Waals surface area contributed by atoms with Crippen LogP contribution in [-0.4, -0.2) is 28.5 Å². The highest BCUT2D eigenvalue weighted by Gasteiger charge is 2.23. The number of aromatic nitrogens is 2. The molecule has 1 aliphatic heterocycles. The fourth-order valence-corrected chi connectivity index (χ4v) is 2.31. The number of nitrogens with zero attached hydrogens (tertiary/aromatic N) is 2. The number of hydrogen-bond acceptors (Lipinski definition) is 4. The van der Waals surface area contributed by atoms with Gasteiger partial charge in [-0.1, -0.05) is 13.0 Å². The Kier molecular flexibility index (Phi) is 3.41. The SMILES string of the molecule is CCCn1ccnc1C(=O)c1cccc2c1OCCO2.